The molecule has 4 rings (SSSR count). The minimum absolute atomic E-state index is 0.148. The molecule has 2 aromatic rings. The van der Waals surface area contributed by atoms with Gasteiger partial charge in [-0.25, -0.2) is 4.58 Å². The summed E-state index contributed by atoms with van der Waals surface area (Å²) in [5.74, 6) is 0. The smallest absolute Gasteiger partial charge is 0.277 e. The predicted molar refractivity (Wildman–Crippen MR) is 138 cm³/mol. The first kappa shape index (κ1) is 22.9. The Kier molecular flexibility index (Phi) is 6.74. The van der Waals surface area contributed by atoms with E-state index < -0.39 is 0 Å². The average Bonchev–Trinajstić information content (AvgIpc) is 2.84. The summed E-state index contributed by atoms with van der Waals surface area (Å²) in [6.45, 7) is 12.5. The highest BCUT2D eigenvalue weighted by molar-refractivity contribution is 6.65. The quantitative estimate of drug-likeness (QED) is 0.266. The van der Waals surface area contributed by atoms with Gasteiger partial charge in [-0.3, -0.25) is 10.1 Å². The van der Waals surface area contributed by atoms with Gasteiger partial charge in [0.2, 0.25) is 0 Å². The van der Waals surface area contributed by atoms with E-state index in [4.69, 9.17) is 0 Å². The summed E-state index contributed by atoms with van der Waals surface area (Å²) in [4.78, 5) is 14.0. The molecule has 2 radical (unpaired) electrons. The maximum atomic E-state index is 11.9. The molecular weight excluding hydrogens is 426 g/mol. The molecule has 1 aliphatic heterocycles. The third-order valence-corrected chi connectivity index (χ3v) is 7.81. The monoisotopic (exact) mass is 456 g/mol. The number of anilines is 1. The maximum Gasteiger partial charge on any atom is 0.277 e. The fourth-order valence-electron chi connectivity index (χ4n) is 4.70. The van der Waals surface area contributed by atoms with E-state index >= 15 is 0 Å². The van der Waals surface area contributed by atoms with E-state index in [9.17, 15) is 10.1 Å². The Morgan fingerprint density at radius 1 is 0.939 bits per heavy atom. The lowest BCUT2D eigenvalue weighted by atomic mass is 9.88. The van der Waals surface area contributed by atoms with Crippen molar-refractivity contribution < 1.29 is 9.50 Å². The van der Waals surface area contributed by atoms with E-state index in [1.165, 1.54) is 21.8 Å². The topological polar surface area (TPSA) is 49.4 Å². The van der Waals surface area contributed by atoms with Gasteiger partial charge in [-0.1, -0.05) is 18.2 Å². The summed E-state index contributed by atoms with van der Waals surface area (Å²) in [5.41, 5.74) is 6.40. The fourth-order valence-corrected chi connectivity index (χ4v) is 6.12. The second-order valence-corrected chi connectivity index (χ2v) is 9.41. The zero-order chi connectivity index (χ0) is 23.5. The van der Waals surface area contributed by atoms with Gasteiger partial charge in [-0.15, -0.1) is 0 Å². The number of para-hydroxylation sites is 1. The van der Waals surface area contributed by atoms with Crippen molar-refractivity contribution >= 4 is 37.4 Å². The van der Waals surface area contributed by atoms with Crippen LogP contribution in [0.25, 0.3) is 5.57 Å². The van der Waals surface area contributed by atoms with Gasteiger partial charge in [-0.2, -0.15) is 0 Å². The van der Waals surface area contributed by atoms with Crippen molar-refractivity contribution in [1.29, 1.82) is 0 Å². The van der Waals surface area contributed by atoms with Crippen molar-refractivity contribution in [3.8, 4) is 0 Å². The summed E-state index contributed by atoms with van der Waals surface area (Å²) in [5, 5.41) is 14.4. The molecule has 2 aromatic carbocycles. The molecule has 0 atom stereocenters. The van der Waals surface area contributed by atoms with E-state index in [-0.39, 0.29) is 10.6 Å². The number of hydrogen-bond donors (Lipinski definition) is 0. The lowest BCUT2D eigenvalue weighted by Crippen LogP contribution is -2.31. The molecule has 0 spiro atoms. The highest BCUT2D eigenvalue weighted by Gasteiger charge is 2.30. The molecule has 0 aromatic heterocycles. The molecule has 0 saturated carbocycles. The van der Waals surface area contributed by atoms with Crippen LogP contribution in [-0.4, -0.2) is 50.9 Å². The SMILES string of the molecule is CCN(CC)c1ccc2c(c1)[Si]C1=CC(=[N+](CC)CC)C=CC1=C2c1ccccc1[N+](=O)[O-]. The Bertz CT molecular complexity index is 1210. The Labute approximate surface area is 198 Å². The third-order valence-electron chi connectivity index (χ3n) is 6.44. The van der Waals surface area contributed by atoms with Crippen molar-refractivity contribution in [2.24, 2.45) is 0 Å². The van der Waals surface area contributed by atoms with E-state index in [2.05, 4.69) is 73.6 Å². The van der Waals surface area contributed by atoms with Crippen LogP contribution in [0.3, 0.4) is 0 Å². The molecular formula is C27H30N3O2Si+. The normalized spacial score (nSPS) is 14.5. The second-order valence-electron chi connectivity index (χ2n) is 8.08. The van der Waals surface area contributed by atoms with Gasteiger partial charge in [0.25, 0.3) is 5.69 Å². The molecule has 6 heteroatoms. The van der Waals surface area contributed by atoms with Gasteiger partial charge >= 0.3 is 0 Å². The largest absolute Gasteiger partial charge is 0.372 e. The van der Waals surface area contributed by atoms with Crippen molar-refractivity contribution in [2.75, 3.05) is 31.1 Å². The van der Waals surface area contributed by atoms with Gasteiger partial charge in [-0.05, 0) is 73.5 Å². The minimum Gasteiger partial charge on any atom is -0.372 e. The minimum atomic E-state index is -0.271. The van der Waals surface area contributed by atoms with E-state index in [1.807, 2.05) is 12.1 Å². The molecule has 5 nitrogen and oxygen atoms in total. The number of hydrogen-bond acceptors (Lipinski definition) is 3. The summed E-state index contributed by atoms with van der Waals surface area (Å²) < 4.78 is 2.34. The van der Waals surface area contributed by atoms with Crippen LogP contribution in [0, 0.1) is 10.1 Å². The standard InChI is InChI=1S/C27H30N3O2Si/c1-5-28(6-2)19-13-15-22-25(17-19)33-26-18-20(29(7-3)8-4)14-16-23(26)27(22)21-11-9-10-12-24(21)30(31)32/h9-18H,5-8H2,1-4H3/q+1. The Morgan fingerprint density at radius 3 is 2.33 bits per heavy atom. The van der Waals surface area contributed by atoms with Crippen LogP contribution in [0.4, 0.5) is 11.4 Å². The zero-order valence-electron chi connectivity index (χ0n) is 19.8. The van der Waals surface area contributed by atoms with Crippen LogP contribution in [-0.2, 0) is 0 Å². The molecule has 33 heavy (non-hydrogen) atoms. The Hall–Kier alpha value is -3.25. The first-order valence-electron chi connectivity index (χ1n) is 11.7. The lowest BCUT2D eigenvalue weighted by Gasteiger charge is -2.28. The number of nitro benzene ring substituents is 1. The molecule has 0 bridgehead atoms. The summed E-state index contributed by atoms with van der Waals surface area (Å²) >= 11 is 0. The number of benzene rings is 2. The number of fused-ring (bicyclic) bond motifs is 2. The highest BCUT2D eigenvalue weighted by atomic mass is 28.2. The molecule has 168 valence electrons. The number of rotatable bonds is 7. The van der Waals surface area contributed by atoms with Gasteiger partial charge in [0.15, 0.2) is 5.71 Å². The van der Waals surface area contributed by atoms with Crippen molar-refractivity contribution in [1.82, 2.24) is 0 Å². The van der Waals surface area contributed by atoms with Crippen LogP contribution in [0.1, 0.15) is 38.8 Å². The molecule has 0 N–H and O–H groups in total. The average molecular weight is 457 g/mol. The molecule has 0 amide bonds. The Balaban J connectivity index is 1.99. The van der Waals surface area contributed by atoms with E-state index in [0.717, 1.165) is 42.9 Å². The van der Waals surface area contributed by atoms with E-state index in [0.29, 0.717) is 15.1 Å². The number of allylic oxidation sites excluding steroid dienone is 5. The highest BCUT2D eigenvalue weighted by Crippen LogP contribution is 2.39. The van der Waals surface area contributed by atoms with E-state index in [1.54, 1.807) is 12.1 Å². The summed E-state index contributed by atoms with van der Waals surface area (Å²) in [6.07, 6.45) is 6.59. The first-order valence-corrected chi connectivity index (χ1v) is 12.7. The lowest BCUT2D eigenvalue weighted by molar-refractivity contribution is -0.519. The van der Waals surface area contributed by atoms with Crippen LogP contribution in [0.5, 0.6) is 0 Å². The van der Waals surface area contributed by atoms with Crippen LogP contribution in [0.2, 0.25) is 0 Å². The molecule has 0 saturated heterocycles. The van der Waals surface area contributed by atoms with Gasteiger partial charge < -0.3 is 4.90 Å². The first-order chi connectivity index (χ1) is 16.0. The number of nitro groups is 1. The zero-order valence-corrected chi connectivity index (χ0v) is 20.8. The molecule has 1 heterocycles. The molecule has 1 aliphatic carbocycles. The third kappa shape index (κ3) is 4.23. The van der Waals surface area contributed by atoms with Crippen molar-refractivity contribution in [3.63, 3.8) is 0 Å². The van der Waals surface area contributed by atoms with Crippen LogP contribution >= 0.6 is 0 Å². The van der Waals surface area contributed by atoms with Crippen LogP contribution in [0.15, 0.2) is 71.5 Å². The Morgan fingerprint density at radius 2 is 1.67 bits per heavy atom. The maximum absolute atomic E-state index is 11.9. The molecule has 0 unspecified atom stereocenters. The van der Waals surface area contributed by atoms with Crippen LogP contribution < -0.4 is 10.1 Å². The summed E-state index contributed by atoms with van der Waals surface area (Å²) in [7, 11) is 0.506. The molecule has 2 aliphatic rings. The molecule has 0 fully saturated rings. The summed E-state index contributed by atoms with van der Waals surface area (Å²) in [6, 6.07) is 13.7. The van der Waals surface area contributed by atoms with Gasteiger partial charge in [0.1, 0.15) is 22.6 Å². The van der Waals surface area contributed by atoms with Gasteiger partial charge in [0, 0.05) is 42.6 Å². The van der Waals surface area contributed by atoms with Crippen molar-refractivity contribution in [2.45, 2.75) is 27.7 Å². The van der Waals surface area contributed by atoms with Gasteiger partial charge in [0.05, 0.1) is 10.5 Å². The van der Waals surface area contributed by atoms with Crippen molar-refractivity contribution in [3.05, 3.63) is 92.7 Å². The second kappa shape index (κ2) is 9.71. The fraction of sp³-hybridized carbons (Fsp3) is 0.296. The predicted octanol–water partition coefficient (Wildman–Crippen LogP) is 4.53. The number of nitrogens with zero attached hydrogens (tertiary/aromatic N) is 3.